The zero-order chi connectivity index (χ0) is 12.3. The second-order valence-electron chi connectivity index (χ2n) is 5.30. The summed E-state index contributed by atoms with van der Waals surface area (Å²) in [7, 11) is 2.25. The van der Waals surface area contributed by atoms with Gasteiger partial charge in [0, 0.05) is 6.04 Å². The van der Waals surface area contributed by atoms with Gasteiger partial charge in [-0.3, -0.25) is 0 Å². The fourth-order valence-electron chi connectivity index (χ4n) is 2.67. The molecule has 0 spiro atoms. The van der Waals surface area contributed by atoms with Gasteiger partial charge in [0.05, 0.1) is 0 Å². The van der Waals surface area contributed by atoms with Crippen LogP contribution in [0.4, 0.5) is 0 Å². The summed E-state index contributed by atoms with van der Waals surface area (Å²) < 4.78 is 0. The summed E-state index contributed by atoms with van der Waals surface area (Å²) in [6.45, 7) is 7.36. The third kappa shape index (κ3) is 3.19. The minimum atomic E-state index is 0.795. The highest BCUT2D eigenvalue weighted by molar-refractivity contribution is 5.61. The molecule has 1 heteroatoms. The van der Waals surface area contributed by atoms with Crippen LogP contribution in [0.15, 0.2) is 30.8 Å². The molecule has 0 aliphatic carbocycles. The molecule has 1 atom stereocenters. The molecule has 0 bridgehead atoms. The average Bonchev–Trinajstić information content (AvgIpc) is 2.72. The van der Waals surface area contributed by atoms with Crippen molar-refractivity contribution in [2.24, 2.45) is 0 Å². The number of rotatable bonds is 4. The van der Waals surface area contributed by atoms with Crippen molar-refractivity contribution in [2.75, 3.05) is 13.6 Å². The molecule has 1 unspecified atom stereocenters. The van der Waals surface area contributed by atoms with Crippen LogP contribution in [0.3, 0.4) is 0 Å². The molecule has 1 aliphatic heterocycles. The van der Waals surface area contributed by atoms with Crippen molar-refractivity contribution in [3.8, 4) is 0 Å². The lowest BCUT2D eigenvalue weighted by Crippen LogP contribution is -2.25. The van der Waals surface area contributed by atoms with Crippen molar-refractivity contribution < 1.29 is 0 Å². The largest absolute Gasteiger partial charge is 0.303 e. The molecule has 1 saturated heterocycles. The second-order valence-corrected chi connectivity index (χ2v) is 5.30. The summed E-state index contributed by atoms with van der Waals surface area (Å²) in [5, 5.41) is 0. The van der Waals surface area contributed by atoms with E-state index in [1.807, 2.05) is 0 Å². The predicted octanol–water partition coefficient (Wildman–Crippen LogP) is 3.75. The van der Waals surface area contributed by atoms with E-state index in [9.17, 15) is 0 Å². The zero-order valence-corrected chi connectivity index (χ0v) is 11.1. The fourth-order valence-corrected chi connectivity index (χ4v) is 2.67. The Morgan fingerprint density at radius 3 is 2.94 bits per heavy atom. The van der Waals surface area contributed by atoms with Crippen LogP contribution in [0.2, 0.25) is 0 Å². The minimum Gasteiger partial charge on any atom is -0.303 e. The molecule has 1 aromatic rings. The molecule has 1 aliphatic rings. The van der Waals surface area contributed by atoms with Crippen LogP contribution >= 0.6 is 0 Å². The first kappa shape index (κ1) is 12.4. The van der Waals surface area contributed by atoms with Crippen molar-refractivity contribution in [2.45, 2.75) is 38.6 Å². The molecule has 2 rings (SSSR count). The van der Waals surface area contributed by atoms with E-state index in [-0.39, 0.29) is 0 Å². The van der Waals surface area contributed by atoms with Crippen molar-refractivity contribution in [3.63, 3.8) is 0 Å². The normalized spacial score (nSPS) is 20.7. The highest BCUT2D eigenvalue weighted by Crippen LogP contribution is 2.21. The second kappa shape index (κ2) is 5.50. The lowest BCUT2D eigenvalue weighted by molar-refractivity contribution is 0.296. The van der Waals surface area contributed by atoms with Crippen LogP contribution in [0, 0.1) is 0 Å². The van der Waals surface area contributed by atoms with Crippen LogP contribution in [0.5, 0.6) is 0 Å². The molecule has 0 saturated carbocycles. The maximum Gasteiger partial charge on any atom is 0.00958 e. The van der Waals surface area contributed by atoms with Crippen molar-refractivity contribution in [1.82, 2.24) is 4.90 Å². The molecular formula is C16H23N. The minimum absolute atomic E-state index is 0.795. The Kier molecular flexibility index (Phi) is 4.01. The summed E-state index contributed by atoms with van der Waals surface area (Å²) in [6, 6.07) is 9.62. The van der Waals surface area contributed by atoms with Crippen LogP contribution in [0.25, 0.3) is 5.57 Å². The van der Waals surface area contributed by atoms with Crippen LogP contribution in [-0.2, 0) is 6.42 Å². The highest BCUT2D eigenvalue weighted by Gasteiger charge is 2.20. The summed E-state index contributed by atoms with van der Waals surface area (Å²) in [4.78, 5) is 2.50. The summed E-state index contributed by atoms with van der Waals surface area (Å²) >= 11 is 0. The Morgan fingerprint density at radius 1 is 1.47 bits per heavy atom. The fraction of sp³-hybridized carbons (Fsp3) is 0.500. The van der Waals surface area contributed by atoms with Gasteiger partial charge in [-0.15, -0.1) is 0 Å². The van der Waals surface area contributed by atoms with Crippen LogP contribution in [0.1, 0.15) is 37.3 Å². The lowest BCUT2D eigenvalue weighted by Gasteiger charge is -2.19. The Balaban J connectivity index is 1.94. The average molecular weight is 229 g/mol. The van der Waals surface area contributed by atoms with E-state index in [0.717, 1.165) is 11.6 Å². The van der Waals surface area contributed by atoms with Gasteiger partial charge >= 0.3 is 0 Å². The van der Waals surface area contributed by atoms with E-state index in [0.29, 0.717) is 0 Å². The molecule has 0 amide bonds. The molecule has 1 fully saturated rings. The molecule has 1 heterocycles. The topological polar surface area (TPSA) is 3.24 Å². The summed E-state index contributed by atoms with van der Waals surface area (Å²) in [6.07, 6.45) is 5.22. The number of benzene rings is 1. The van der Waals surface area contributed by atoms with Crippen LogP contribution in [-0.4, -0.2) is 24.5 Å². The van der Waals surface area contributed by atoms with Gasteiger partial charge in [-0.1, -0.05) is 36.4 Å². The quantitative estimate of drug-likeness (QED) is 0.760. The Bertz CT molecular complexity index is 394. The number of nitrogens with zero attached hydrogens (tertiary/aromatic N) is 1. The van der Waals surface area contributed by atoms with Crippen molar-refractivity contribution in [1.29, 1.82) is 0 Å². The van der Waals surface area contributed by atoms with Gasteiger partial charge in [0.2, 0.25) is 0 Å². The first-order valence-corrected chi connectivity index (χ1v) is 6.62. The monoisotopic (exact) mass is 229 g/mol. The molecule has 0 N–H and O–H groups in total. The Morgan fingerprint density at radius 2 is 2.29 bits per heavy atom. The third-order valence-corrected chi connectivity index (χ3v) is 3.86. The number of aryl methyl sites for hydroxylation is 1. The molecule has 1 nitrogen and oxygen atoms in total. The summed E-state index contributed by atoms with van der Waals surface area (Å²) in [5.74, 6) is 0. The van der Waals surface area contributed by atoms with E-state index in [4.69, 9.17) is 0 Å². The van der Waals surface area contributed by atoms with E-state index in [1.54, 1.807) is 0 Å². The first-order valence-electron chi connectivity index (χ1n) is 6.62. The molecular weight excluding hydrogens is 206 g/mol. The molecule has 0 aromatic heterocycles. The number of likely N-dealkylation sites (tertiary alicyclic amines) is 1. The maximum atomic E-state index is 4.01. The number of hydrogen-bond donors (Lipinski definition) is 0. The number of hydrogen-bond acceptors (Lipinski definition) is 1. The zero-order valence-electron chi connectivity index (χ0n) is 11.1. The van der Waals surface area contributed by atoms with Gasteiger partial charge in [-0.2, -0.15) is 0 Å². The van der Waals surface area contributed by atoms with Crippen molar-refractivity contribution >= 4 is 5.57 Å². The van der Waals surface area contributed by atoms with E-state index < -0.39 is 0 Å². The first-order chi connectivity index (χ1) is 8.16. The van der Waals surface area contributed by atoms with E-state index in [2.05, 4.69) is 49.7 Å². The molecule has 1 aromatic carbocycles. The predicted molar refractivity (Wildman–Crippen MR) is 75.1 cm³/mol. The summed E-state index contributed by atoms with van der Waals surface area (Å²) in [5.41, 5.74) is 3.89. The van der Waals surface area contributed by atoms with Crippen molar-refractivity contribution in [3.05, 3.63) is 42.0 Å². The van der Waals surface area contributed by atoms with Gasteiger partial charge in [0.1, 0.15) is 0 Å². The lowest BCUT2D eigenvalue weighted by atomic mass is 10.00. The van der Waals surface area contributed by atoms with Gasteiger partial charge in [-0.25, -0.2) is 0 Å². The Labute approximate surface area is 105 Å². The van der Waals surface area contributed by atoms with Gasteiger partial charge < -0.3 is 4.90 Å². The van der Waals surface area contributed by atoms with Gasteiger partial charge in [0.25, 0.3) is 0 Å². The third-order valence-electron chi connectivity index (χ3n) is 3.86. The smallest absolute Gasteiger partial charge is 0.00958 e. The SMILES string of the molecule is C=C(C)c1cccc(CCC2CCCN2C)c1. The highest BCUT2D eigenvalue weighted by atomic mass is 15.1. The molecule has 92 valence electrons. The van der Waals surface area contributed by atoms with E-state index in [1.165, 1.54) is 43.4 Å². The van der Waals surface area contributed by atoms with Crippen LogP contribution < -0.4 is 0 Å². The maximum absolute atomic E-state index is 4.01. The Hall–Kier alpha value is -1.08. The molecule has 17 heavy (non-hydrogen) atoms. The van der Waals surface area contributed by atoms with Gasteiger partial charge in [-0.05, 0) is 57.3 Å². The van der Waals surface area contributed by atoms with E-state index >= 15 is 0 Å². The standard InChI is InChI=1S/C16H23N/c1-13(2)15-7-4-6-14(12-15)9-10-16-8-5-11-17(16)3/h4,6-7,12,16H,1,5,8-11H2,2-3H3. The molecule has 0 radical (unpaired) electrons. The van der Waals surface area contributed by atoms with Gasteiger partial charge in [0.15, 0.2) is 0 Å². The number of allylic oxidation sites excluding steroid dienone is 1.